The van der Waals surface area contributed by atoms with Crippen LogP contribution in [0.2, 0.25) is 0 Å². The Kier molecular flexibility index (Phi) is 11.5. The van der Waals surface area contributed by atoms with E-state index in [0.29, 0.717) is 49.4 Å². The topological polar surface area (TPSA) is 253 Å². The van der Waals surface area contributed by atoms with E-state index in [2.05, 4.69) is 180 Å². The summed E-state index contributed by atoms with van der Waals surface area (Å²) in [6, 6.07) is 93.9. The Morgan fingerprint density at radius 1 is 0.229 bits per heavy atom. The van der Waals surface area contributed by atoms with Gasteiger partial charge in [0.1, 0.15) is 60.1 Å². The molecule has 0 aliphatic rings. The SMILES string of the molecule is N#Cc1cc2c(c(C#N)c1C#N)c1c3ccccc3c3ccccc3c1c1cc3ccc(-c4ccc5c(c4)c4ccccc4c4c5c5c(C#N)c(C#N)c(C#N)c(C#N)c5n5c6cc(-c7ccc8c(c7)c7ccccc7c7c8c8nc(C#N)c(C#N)nc8n8c9ccccc9cc78)ccc6cc45)cc3n21. The Labute approximate surface area is 591 Å². The van der Waals surface area contributed by atoms with Crippen LogP contribution in [0.15, 0.2) is 218 Å². The van der Waals surface area contributed by atoms with Gasteiger partial charge in [0.2, 0.25) is 0 Å². The number of hydrogen-bond acceptors (Lipinski definition) is 11. The van der Waals surface area contributed by atoms with Gasteiger partial charge < -0.3 is 8.80 Å². The van der Waals surface area contributed by atoms with Gasteiger partial charge in [0, 0.05) is 59.2 Å². The fourth-order valence-electron chi connectivity index (χ4n) is 17.6. The van der Waals surface area contributed by atoms with Crippen molar-refractivity contribution in [1.82, 2.24) is 23.2 Å². The molecule has 0 atom stereocenters. The van der Waals surface area contributed by atoms with Crippen LogP contribution in [-0.4, -0.2) is 23.2 Å². The van der Waals surface area contributed by atoms with Gasteiger partial charge in [-0.25, -0.2) is 9.97 Å². The van der Waals surface area contributed by atoms with E-state index in [4.69, 9.17) is 9.97 Å². The van der Waals surface area contributed by atoms with Crippen molar-refractivity contribution in [3.05, 3.63) is 269 Å². The number of pyridine rings is 3. The minimum Gasteiger partial charge on any atom is -0.308 e. The van der Waals surface area contributed by atoms with Gasteiger partial charge in [-0.2, -0.15) is 47.4 Å². The molecule has 0 aliphatic heterocycles. The predicted octanol–water partition coefficient (Wildman–Crippen LogP) is 20.7. The van der Waals surface area contributed by atoms with Crippen molar-refractivity contribution in [2.24, 2.45) is 0 Å². The van der Waals surface area contributed by atoms with Crippen LogP contribution in [0, 0.1) is 102 Å². The van der Waals surface area contributed by atoms with Gasteiger partial charge in [0.25, 0.3) is 0 Å². The van der Waals surface area contributed by atoms with E-state index in [1.54, 1.807) is 6.07 Å². The smallest absolute Gasteiger partial charge is 0.179 e. The number of rotatable bonds is 2. The number of para-hydroxylation sites is 1. The molecular weight excluding hydrogens is 1290 g/mol. The van der Waals surface area contributed by atoms with E-state index >= 15 is 0 Å². The van der Waals surface area contributed by atoms with Gasteiger partial charge in [-0.1, -0.05) is 164 Å². The first kappa shape index (κ1) is 57.8. The average Bonchev–Trinajstić information content (AvgIpc) is 1.67. The van der Waals surface area contributed by atoms with Crippen molar-refractivity contribution < 1.29 is 0 Å². The molecule has 0 unspecified atom stereocenters. The summed E-state index contributed by atoms with van der Waals surface area (Å²) in [7, 11) is 0. The number of fused-ring (bicyclic) bond motifs is 39. The molecular formula is C91H36N14. The predicted molar refractivity (Wildman–Crippen MR) is 411 cm³/mol. The zero-order valence-corrected chi connectivity index (χ0v) is 54.5. The van der Waals surface area contributed by atoms with Crippen LogP contribution in [0.25, 0.3) is 201 Å². The highest BCUT2D eigenvalue weighted by atomic mass is 15.0. The van der Waals surface area contributed by atoms with Crippen LogP contribution in [0.3, 0.4) is 0 Å². The van der Waals surface area contributed by atoms with Gasteiger partial charge in [-0.05, 0) is 141 Å². The lowest BCUT2D eigenvalue weighted by molar-refractivity contribution is 1.15. The highest BCUT2D eigenvalue weighted by Gasteiger charge is 2.30. The number of hydrogen-bond donors (Lipinski definition) is 0. The fraction of sp³-hybridized carbons (Fsp3) is 0. The lowest BCUT2D eigenvalue weighted by atomic mass is 9.86. The second-order valence-corrected chi connectivity index (χ2v) is 26.5. The molecule has 470 valence electrons. The van der Waals surface area contributed by atoms with Crippen molar-refractivity contribution in [1.29, 1.82) is 47.4 Å². The first-order valence-electron chi connectivity index (χ1n) is 33.6. The minimum atomic E-state index is -0.203. The van der Waals surface area contributed by atoms with E-state index in [0.717, 1.165) is 152 Å². The number of nitrogens with zero attached hydrogens (tertiary/aromatic N) is 14. The molecule has 0 spiro atoms. The molecule has 0 aliphatic carbocycles. The molecule has 105 heavy (non-hydrogen) atoms. The molecule has 0 saturated heterocycles. The molecule has 0 N–H and O–H groups in total. The molecule has 21 aromatic rings. The highest BCUT2D eigenvalue weighted by Crippen LogP contribution is 2.51. The summed E-state index contributed by atoms with van der Waals surface area (Å²) in [5, 5.41) is 118. The Morgan fingerprint density at radius 2 is 0.619 bits per heavy atom. The van der Waals surface area contributed by atoms with Crippen LogP contribution in [0.4, 0.5) is 0 Å². The molecule has 0 fully saturated rings. The second-order valence-electron chi connectivity index (χ2n) is 26.5. The molecule has 14 heteroatoms. The summed E-state index contributed by atoms with van der Waals surface area (Å²) in [6.07, 6.45) is 0. The maximum Gasteiger partial charge on any atom is 0.179 e. The monoisotopic (exact) mass is 1320 g/mol. The lowest BCUT2D eigenvalue weighted by Crippen LogP contribution is -2.03. The zero-order valence-electron chi connectivity index (χ0n) is 54.5. The van der Waals surface area contributed by atoms with E-state index in [9.17, 15) is 47.4 Å². The molecule has 7 heterocycles. The van der Waals surface area contributed by atoms with Gasteiger partial charge in [-0.15, -0.1) is 0 Å². The molecule has 14 aromatic carbocycles. The molecule has 0 bridgehead atoms. The standard InChI is InChI=1S/C91H36N14/c92-37-53-36-78-84(69(41-96)66(53)38-93)85-61-19-9-3-13-55(61)54-12-2-6-16-58(54)81(85)77-34-51-23-21-48(31-75(51)103(77)78)46-25-27-62-64(29-46)56-14-4-7-17-59(56)82-79-35-52-24-22-49(32-76(52)104(79)90-71(43-98)68(40-95)67(39-94)70(42-97)88(90)86(62)82)47-26-28-63-65(30-47)57-15-5-8-18-60(57)83-80-33-50-11-1-10-20-74(50)105(80)91-89(87(63)83)101-72(44-99)73(45-100)102-91/h1-36H. The molecule has 14 nitrogen and oxygen atoms in total. The van der Waals surface area contributed by atoms with Crippen LogP contribution in [0.1, 0.15) is 50.3 Å². The Morgan fingerprint density at radius 3 is 1.16 bits per heavy atom. The molecule has 0 amide bonds. The molecule has 0 radical (unpaired) electrons. The summed E-state index contributed by atoms with van der Waals surface area (Å²) in [6.45, 7) is 0. The molecule has 21 rings (SSSR count). The van der Waals surface area contributed by atoms with Gasteiger partial charge in [-0.3, -0.25) is 4.40 Å². The lowest BCUT2D eigenvalue weighted by Gasteiger charge is -2.19. The summed E-state index contributed by atoms with van der Waals surface area (Å²) in [5.41, 5.74) is 9.58. The maximum absolute atomic E-state index is 11.6. The molecule has 0 saturated carbocycles. The Hall–Kier alpha value is -16.3. The molecule has 7 aromatic heterocycles. The van der Waals surface area contributed by atoms with Crippen molar-refractivity contribution in [3.63, 3.8) is 0 Å². The fourth-order valence-corrected chi connectivity index (χ4v) is 17.6. The highest BCUT2D eigenvalue weighted by molar-refractivity contribution is 6.39. The summed E-state index contributed by atoms with van der Waals surface area (Å²) in [5.74, 6) is 0. The first-order chi connectivity index (χ1) is 51.7. The van der Waals surface area contributed by atoms with Crippen LogP contribution >= 0.6 is 0 Å². The van der Waals surface area contributed by atoms with E-state index in [1.807, 2.05) is 99.8 Å². The average molecular weight is 1330 g/mol. The van der Waals surface area contributed by atoms with E-state index in [1.165, 1.54) is 0 Å². The summed E-state index contributed by atoms with van der Waals surface area (Å²) < 4.78 is 6.15. The Bertz CT molecular complexity index is 8350. The van der Waals surface area contributed by atoms with Crippen LogP contribution in [-0.2, 0) is 0 Å². The third kappa shape index (κ3) is 7.33. The third-order valence-electron chi connectivity index (χ3n) is 21.8. The minimum absolute atomic E-state index is 0.0175. The third-order valence-corrected chi connectivity index (χ3v) is 21.8. The largest absolute Gasteiger partial charge is 0.308 e. The van der Waals surface area contributed by atoms with Crippen molar-refractivity contribution in [2.45, 2.75) is 0 Å². The van der Waals surface area contributed by atoms with Crippen molar-refractivity contribution >= 4 is 179 Å². The number of aromatic nitrogens is 5. The number of nitriles is 9. The van der Waals surface area contributed by atoms with E-state index in [-0.39, 0.29) is 50.3 Å². The Balaban J connectivity index is 0.824. The van der Waals surface area contributed by atoms with Crippen LogP contribution in [0.5, 0.6) is 0 Å². The summed E-state index contributed by atoms with van der Waals surface area (Å²) >= 11 is 0. The second kappa shape index (κ2) is 20.9. The van der Waals surface area contributed by atoms with E-state index < -0.39 is 0 Å². The van der Waals surface area contributed by atoms with Crippen molar-refractivity contribution in [2.75, 3.05) is 0 Å². The normalized spacial score (nSPS) is 11.7. The zero-order chi connectivity index (χ0) is 70.5. The maximum atomic E-state index is 11.6. The quantitative estimate of drug-likeness (QED) is 0.147. The van der Waals surface area contributed by atoms with Crippen molar-refractivity contribution in [3.8, 4) is 76.9 Å². The van der Waals surface area contributed by atoms with Crippen LogP contribution < -0.4 is 0 Å². The number of benzene rings is 14. The van der Waals surface area contributed by atoms with Gasteiger partial charge in [0.15, 0.2) is 17.0 Å². The van der Waals surface area contributed by atoms with Gasteiger partial charge in [0.05, 0.1) is 83.1 Å². The first-order valence-corrected chi connectivity index (χ1v) is 33.6. The summed E-state index contributed by atoms with van der Waals surface area (Å²) in [4.78, 5) is 9.83. The van der Waals surface area contributed by atoms with Gasteiger partial charge >= 0.3 is 0 Å².